The Balaban J connectivity index is 1.51. The first-order valence-electron chi connectivity index (χ1n) is 8.68. The molecule has 0 bridgehead atoms. The highest BCUT2D eigenvalue weighted by Gasteiger charge is 2.11. The Morgan fingerprint density at radius 1 is 0.897 bits per heavy atom. The standard InChI is InChI=1S/C22H16N4O3/c23-14-16-5-4-6-17(13-16)22(28)29-15-21(27)24-18-9-11-20(12-10-18)26-25-19-7-2-1-3-8-19/h1-13H,15H2,(H,24,27). The molecule has 1 N–H and O–H groups in total. The normalized spacial score (nSPS) is 10.3. The van der Waals surface area contributed by atoms with E-state index in [9.17, 15) is 9.59 Å². The van der Waals surface area contributed by atoms with Crippen molar-refractivity contribution in [2.24, 2.45) is 10.2 Å². The number of rotatable bonds is 6. The van der Waals surface area contributed by atoms with E-state index in [0.717, 1.165) is 5.69 Å². The van der Waals surface area contributed by atoms with Gasteiger partial charge in [-0.1, -0.05) is 24.3 Å². The first-order chi connectivity index (χ1) is 14.1. The fourth-order valence-corrected chi connectivity index (χ4v) is 2.35. The number of carbonyl (C=O) groups excluding carboxylic acids is 2. The zero-order valence-electron chi connectivity index (χ0n) is 15.3. The van der Waals surface area contributed by atoms with Gasteiger partial charge in [0.25, 0.3) is 5.91 Å². The van der Waals surface area contributed by atoms with Crippen LogP contribution in [0, 0.1) is 11.3 Å². The highest BCUT2D eigenvalue weighted by molar-refractivity contribution is 5.95. The quantitative estimate of drug-likeness (QED) is 0.488. The molecule has 0 spiro atoms. The van der Waals surface area contributed by atoms with Crippen molar-refractivity contribution in [1.82, 2.24) is 0 Å². The van der Waals surface area contributed by atoms with Gasteiger partial charge in [0.2, 0.25) is 0 Å². The number of benzene rings is 3. The van der Waals surface area contributed by atoms with Crippen molar-refractivity contribution >= 4 is 28.9 Å². The molecule has 3 rings (SSSR count). The highest BCUT2D eigenvalue weighted by Crippen LogP contribution is 2.20. The summed E-state index contributed by atoms with van der Waals surface area (Å²) in [4.78, 5) is 24.0. The molecule has 7 heteroatoms. The molecule has 0 fully saturated rings. The van der Waals surface area contributed by atoms with E-state index in [1.165, 1.54) is 12.1 Å². The molecule has 0 unspecified atom stereocenters. The Morgan fingerprint density at radius 3 is 2.28 bits per heavy atom. The number of esters is 1. The lowest BCUT2D eigenvalue weighted by Gasteiger charge is -2.07. The fraction of sp³-hybridized carbons (Fsp3) is 0.0455. The van der Waals surface area contributed by atoms with E-state index in [2.05, 4.69) is 15.5 Å². The Labute approximate surface area is 167 Å². The van der Waals surface area contributed by atoms with Crippen LogP contribution in [-0.2, 0) is 9.53 Å². The highest BCUT2D eigenvalue weighted by atomic mass is 16.5. The minimum atomic E-state index is -0.672. The largest absolute Gasteiger partial charge is 0.452 e. The maximum atomic E-state index is 12.0. The summed E-state index contributed by atoms with van der Waals surface area (Å²) in [5, 5.41) is 19.7. The summed E-state index contributed by atoms with van der Waals surface area (Å²) >= 11 is 0. The first kappa shape index (κ1) is 19.5. The molecule has 0 aliphatic carbocycles. The van der Waals surface area contributed by atoms with E-state index in [1.807, 2.05) is 36.4 Å². The number of nitrogens with one attached hydrogen (secondary N) is 1. The predicted octanol–water partition coefficient (Wildman–Crippen LogP) is 4.77. The van der Waals surface area contributed by atoms with Crippen molar-refractivity contribution in [3.8, 4) is 6.07 Å². The lowest BCUT2D eigenvalue weighted by molar-refractivity contribution is -0.119. The van der Waals surface area contributed by atoms with E-state index in [0.29, 0.717) is 16.9 Å². The van der Waals surface area contributed by atoms with Crippen LogP contribution in [0.4, 0.5) is 17.1 Å². The number of hydrogen-bond donors (Lipinski definition) is 1. The molecule has 29 heavy (non-hydrogen) atoms. The second kappa shape index (κ2) is 9.58. The molecule has 0 radical (unpaired) electrons. The number of nitrogens with zero attached hydrogens (tertiary/aromatic N) is 3. The van der Waals surface area contributed by atoms with Crippen molar-refractivity contribution in [1.29, 1.82) is 5.26 Å². The van der Waals surface area contributed by atoms with E-state index in [-0.39, 0.29) is 5.56 Å². The molecule has 3 aromatic carbocycles. The van der Waals surface area contributed by atoms with E-state index in [4.69, 9.17) is 10.00 Å². The number of anilines is 1. The van der Waals surface area contributed by atoms with Gasteiger partial charge in [0.05, 0.1) is 28.6 Å². The van der Waals surface area contributed by atoms with Gasteiger partial charge in [-0.15, -0.1) is 0 Å². The van der Waals surface area contributed by atoms with Crippen LogP contribution in [0.1, 0.15) is 15.9 Å². The zero-order chi connectivity index (χ0) is 20.5. The second-order valence-electron chi connectivity index (χ2n) is 5.90. The summed E-state index contributed by atoms with van der Waals surface area (Å²) < 4.78 is 4.98. The average Bonchev–Trinajstić information content (AvgIpc) is 2.77. The van der Waals surface area contributed by atoms with Gasteiger partial charge < -0.3 is 10.1 Å². The van der Waals surface area contributed by atoms with Gasteiger partial charge in [-0.2, -0.15) is 15.5 Å². The van der Waals surface area contributed by atoms with Crippen molar-refractivity contribution in [2.45, 2.75) is 0 Å². The number of hydrogen-bond acceptors (Lipinski definition) is 6. The molecule has 3 aromatic rings. The Hall–Kier alpha value is -4.31. The number of azo groups is 1. The van der Waals surface area contributed by atoms with Crippen LogP contribution in [0.25, 0.3) is 0 Å². The van der Waals surface area contributed by atoms with Gasteiger partial charge >= 0.3 is 5.97 Å². The van der Waals surface area contributed by atoms with Gasteiger partial charge in [-0.25, -0.2) is 4.79 Å². The minimum absolute atomic E-state index is 0.213. The number of carbonyl (C=O) groups is 2. The van der Waals surface area contributed by atoms with Crippen molar-refractivity contribution in [2.75, 3.05) is 11.9 Å². The second-order valence-corrected chi connectivity index (χ2v) is 5.90. The van der Waals surface area contributed by atoms with Gasteiger partial charge in [0, 0.05) is 5.69 Å². The summed E-state index contributed by atoms with van der Waals surface area (Å²) in [6, 6.07) is 24.1. The Kier molecular flexibility index (Phi) is 6.42. The zero-order valence-corrected chi connectivity index (χ0v) is 15.3. The molecule has 1 amide bonds. The lowest BCUT2D eigenvalue weighted by Crippen LogP contribution is -2.20. The molecule has 0 saturated carbocycles. The van der Waals surface area contributed by atoms with E-state index in [1.54, 1.807) is 36.4 Å². The van der Waals surface area contributed by atoms with Crippen LogP contribution in [0.3, 0.4) is 0 Å². The molecule has 0 heterocycles. The van der Waals surface area contributed by atoms with Gasteiger partial charge in [0.1, 0.15) is 0 Å². The van der Waals surface area contributed by atoms with Gasteiger partial charge in [-0.3, -0.25) is 4.79 Å². The smallest absolute Gasteiger partial charge is 0.338 e. The lowest BCUT2D eigenvalue weighted by atomic mass is 10.1. The van der Waals surface area contributed by atoms with Crippen molar-refractivity contribution in [3.05, 3.63) is 90.0 Å². The number of ether oxygens (including phenoxy) is 1. The third kappa shape index (κ3) is 5.84. The Bertz CT molecular complexity index is 1070. The SMILES string of the molecule is N#Cc1cccc(C(=O)OCC(=O)Nc2ccc(N=Nc3ccccc3)cc2)c1. The van der Waals surface area contributed by atoms with E-state index < -0.39 is 18.5 Å². The third-order valence-electron chi connectivity index (χ3n) is 3.75. The van der Waals surface area contributed by atoms with E-state index >= 15 is 0 Å². The molecular formula is C22H16N4O3. The molecular weight excluding hydrogens is 368 g/mol. The minimum Gasteiger partial charge on any atom is -0.452 e. The molecule has 142 valence electrons. The van der Waals surface area contributed by atoms with Crippen molar-refractivity contribution < 1.29 is 14.3 Å². The maximum absolute atomic E-state index is 12.0. The molecule has 0 aliphatic rings. The molecule has 0 aromatic heterocycles. The summed E-state index contributed by atoms with van der Waals surface area (Å²) in [5.74, 6) is -1.15. The summed E-state index contributed by atoms with van der Waals surface area (Å²) in [6.07, 6.45) is 0. The third-order valence-corrected chi connectivity index (χ3v) is 3.75. The fourth-order valence-electron chi connectivity index (χ4n) is 2.35. The van der Waals surface area contributed by atoms with Crippen LogP contribution in [0.15, 0.2) is 89.1 Å². The summed E-state index contributed by atoms with van der Waals surface area (Å²) in [7, 11) is 0. The topological polar surface area (TPSA) is 104 Å². The summed E-state index contributed by atoms with van der Waals surface area (Å²) in [5.41, 5.74) is 2.47. The number of amides is 1. The van der Waals surface area contributed by atoms with Crippen LogP contribution in [0.2, 0.25) is 0 Å². The molecule has 0 saturated heterocycles. The monoisotopic (exact) mass is 384 g/mol. The molecule has 7 nitrogen and oxygen atoms in total. The number of nitriles is 1. The maximum Gasteiger partial charge on any atom is 0.338 e. The predicted molar refractivity (Wildman–Crippen MR) is 107 cm³/mol. The van der Waals surface area contributed by atoms with Crippen LogP contribution in [-0.4, -0.2) is 18.5 Å². The first-order valence-corrected chi connectivity index (χ1v) is 8.68. The molecule has 0 aliphatic heterocycles. The van der Waals surface area contributed by atoms with Crippen LogP contribution < -0.4 is 5.32 Å². The van der Waals surface area contributed by atoms with Crippen molar-refractivity contribution in [3.63, 3.8) is 0 Å². The Morgan fingerprint density at radius 2 is 1.59 bits per heavy atom. The van der Waals surface area contributed by atoms with Crippen LogP contribution in [0.5, 0.6) is 0 Å². The van der Waals surface area contributed by atoms with Gasteiger partial charge in [0.15, 0.2) is 6.61 Å². The molecule has 0 atom stereocenters. The van der Waals surface area contributed by atoms with Gasteiger partial charge in [-0.05, 0) is 54.6 Å². The average molecular weight is 384 g/mol. The van der Waals surface area contributed by atoms with Crippen LogP contribution >= 0.6 is 0 Å². The summed E-state index contributed by atoms with van der Waals surface area (Å²) in [6.45, 7) is -0.439.